The van der Waals surface area contributed by atoms with E-state index in [1.807, 2.05) is 73.7 Å². The fraction of sp³-hybridized carbons (Fsp3) is 0.0968. The molecule has 1 aliphatic heterocycles. The van der Waals surface area contributed by atoms with E-state index in [1.165, 1.54) is 13.2 Å². The van der Waals surface area contributed by atoms with Crippen LogP contribution in [0.1, 0.15) is 21.5 Å². The second kappa shape index (κ2) is 11.3. The molecule has 2 N–H and O–H groups in total. The third-order valence-corrected chi connectivity index (χ3v) is 7.18. The van der Waals surface area contributed by atoms with Gasteiger partial charge >= 0.3 is 0 Å². The van der Waals surface area contributed by atoms with Gasteiger partial charge < -0.3 is 20.1 Å². The quantitative estimate of drug-likeness (QED) is 0.167. The molecule has 38 heavy (non-hydrogen) atoms. The van der Waals surface area contributed by atoms with Crippen molar-refractivity contribution >= 4 is 46.6 Å². The Morgan fingerprint density at radius 2 is 1.68 bits per heavy atom. The molecule has 0 fully saturated rings. The van der Waals surface area contributed by atoms with E-state index >= 15 is 0 Å². The van der Waals surface area contributed by atoms with Gasteiger partial charge in [0.25, 0.3) is 5.91 Å². The molecule has 0 saturated carbocycles. The van der Waals surface area contributed by atoms with Crippen molar-refractivity contribution in [2.75, 3.05) is 24.4 Å². The van der Waals surface area contributed by atoms with Crippen molar-refractivity contribution in [1.82, 2.24) is 0 Å². The number of allylic oxidation sites excluding steroid dienone is 1. The molecule has 4 aromatic carbocycles. The van der Waals surface area contributed by atoms with Gasteiger partial charge in [-0.1, -0.05) is 54.2 Å². The van der Waals surface area contributed by atoms with Crippen LogP contribution in [-0.2, 0) is 4.79 Å². The second-order valence-corrected chi connectivity index (χ2v) is 9.78. The Kier molecular flexibility index (Phi) is 7.47. The number of nitrogens with one attached hydrogen (secondary N) is 2. The van der Waals surface area contributed by atoms with Crippen LogP contribution in [0.25, 0.3) is 6.08 Å². The number of ketones is 1. The highest BCUT2D eigenvalue weighted by Crippen LogP contribution is 2.44. The fourth-order valence-corrected chi connectivity index (χ4v) is 4.98. The number of fused-ring (bicyclic) bond motifs is 2. The molecule has 6 nitrogen and oxygen atoms in total. The number of para-hydroxylation sites is 2. The van der Waals surface area contributed by atoms with Crippen LogP contribution in [0.2, 0.25) is 0 Å². The Bertz CT molecular complexity index is 1550. The van der Waals surface area contributed by atoms with E-state index in [0.29, 0.717) is 17.1 Å². The number of hydrogen-bond donors (Lipinski definition) is 2. The molecule has 1 heterocycles. The van der Waals surface area contributed by atoms with Crippen LogP contribution >= 0.6 is 11.8 Å². The minimum atomic E-state index is -0.266. The number of hydrogen-bond acceptors (Lipinski definition) is 6. The SMILES string of the molecule is COc1cc(/C=C/C(=O)c2ccc3c(c2)Nc2ccccc2S3)ccc1OCC(=O)Nc1ccccc1C. The lowest BCUT2D eigenvalue weighted by molar-refractivity contribution is -0.118. The monoisotopic (exact) mass is 522 g/mol. The molecule has 1 aliphatic rings. The third-order valence-electron chi connectivity index (χ3n) is 6.03. The summed E-state index contributed by atoms with van der Waals surface area (Å²) >= 11 is 1.68. The topological polar surface area (TPSA) is 76.7 Å². The molecule has 1 amide bonds. The fourth-order valence-electron chi connectivity index (χ4n) is 4.01. The maximum Gasteiger partial charge on any atom is 0.262 e. The predicted octanol–water partition coefficient (Wildman–Crippen LogP) is 7.13. The number of rotatable bonds is 8. The Morgan fingerprint density at radius 1 is 0.895 bits per heavy atom. The summed E-state index contributed by atoms with van der Waals surface area (Å²) in [6.07, 6.45) is 3.27. The molecule has 0 unspecified atom stereocenters. The number of amides is 1. The normalized spacial score (nSPS) is 11.7. The van der Waals surface area contributed by atoms with Crippen LogP contribution < -0.4 is 20.1 Å². The number of anilines is 3. The van der Waals surface area contributed by atoms with E-state index in [0.717, 1.165) is 38.0 Å². The van der Waals surface area contributed by atoms with Gasteiger partial charge in [0.15, 0.2) is 23.9 Å². The van der Waals surface area contributed by atoms with E-state index in [2.05, 4.69) is 16.7 Å². The molecule has 0 bridgehead atoms. The maximum atomic E-state index is 12.9. The van der Waals surface area contributed by atoms with Gasteiger partial charge in [-0.2, -0.15) is 0 Å². The van der Waals surface area contributed by atoms with E-state index in [1.54, 1.807) is 30.0 Å². The zero-order valence-corrected chi connectivity index (χ0v) is 21.8. The van der Waals surface area contributed by atoms with Crippen molar-refractivity contribution in [3.63, 3.8) is 0 Å². The lowest BCUT2D eigenvalue weighted by Crippen LogP contribution is -2.20. The molecule has 0 radical (unpaired) electrons. The van der Waals surface area contributed by atoms with Crippen LogP contribution in [0.15, 0.2) is 101 Å². The molecular weight excluding hydrogens is 496 g/mol. The highest BCUT2D eigenvalue weighted by Gasteiger charge is 2.16. The van der Waals surface area contributed by atoms with Gasteiger partial charge in [-0.05, 0) is 72.7 Å². The van der Waals surface area contributed by atoms with Crippen LogP contribution in [-0.4, -0.2) is 25.4 Å². The molecule has 4 aromatic rings. The van der Waals surface area contributed by atoms with Gasteiger partial charge in [0.05, 0.1) is 18.5 Å². The average molecular weight is 523 g/mol. The predicted molar refractivity (Wildman–Crippen MR) is 152 cm³/mol. The van der Waals surface area contributed by atoms with Crippen LogP contribution in [0.5, 0.6) is 11.5 Å². The van der Waals surface area contributed by atoms with Crippen molar-refractivity contribution in [1.29, 1.82) is 0 Å². The largest absolute Gasteiger partial charge is 0.493 e. The maximum absolute atomic E-state index is 12.9. The molecule has 0 aliphatic carbocycles. The summed E-state index contributed by atoms with van der Waals surface area (Å²) in [4.78, 5) is 27.5. The number of ether oxygens (including phenoxy) is 2. The van der Waals surface area contributed by atoms with Gasteiger partial charge in [0.2, 0.25) is 0 Å². The van der Waals surface area contributed by atoms with Gasteiger partial charge in [0.1, 0.15) is 0 Å². The first kappa shape index (κ1) is 25.2. The minimum Gasteiger partial charge on any atom is -0.493 e. The smallest absolute Gasteiger partial charge is 0.262 e. The Morgan fingerprint density at radius 3 is 2.53 bits per heavy atom. The molecule has 0 atom stereocenters. The average Bonchev–Trinajstić information content (AvgIpc) is 2.94. The molecule has 190 valence electrons. The lowest BCUT2D eigenvalue weighted by atomic mass is 10.1. The molecule has 7 heteroatoms. The van der Waals surface area contributed by atoms with Gasteiger partial charge in [-0.25, -0.2) is 0 Å². The van der Waals surface area contributed by atoms with E-state index < -0.39 is 0 Å². The molecule has 0 spiro atoms. The summed E-state index contributed by atoms with van der Waals surface area (Å²) in [6.45, 7) is 1.77. The third kappa shape index (κ3) is 5.74. The number of aryl methyl sites for hydroxylation is 1. The number of carbonyl (C=O) groups is 2. The van der Waals surface area contributed by atoms with Crippen molar-refractivity contribution in [2.24, 2.45) is 0 Å². The zero-order chi connectivity index (χ0) is 26.5. The number of methoxy groups -OCH3 is 1. The van der Waals surface area contributed by atoms with Crippen LogP contribution in [0.3, 0.4) is 0 Å². The van der Waals surface area contributed by atoms with Crippen LogP contribution in [0, 0.1) is 6.92 Å². The summed E-state index contributed by atoms with van der Waals surface area (Å²) in [6, 6.07) is 26.6. The van der Waals surface area contributed by atoms with Gasteiger partial charge in [-0.15, -0.1) is 0 Å². The minimum absolute atomic E-state index is 0.106. The first-order valence-corrected chi connectivity index (χ1v) is 12.9. The van der Waals surface area contributed by atoms with Crippen molar-refractivity contribution in [2.45, 2.75) is 16.7 Å². The van der Waals surface area contributed by atoms with E-state index in [4.69, 9.17) is 9.47 Å². The van der Waals surface area contributed by atoms with E-state index in [9.17, 15) is 9.59 Å². The first-order chi connectivity index (χ1) is 18.5. The van der Waals surface area contributed by atoms with E-state index in [-0.39, 0.29) is 18.3 Å². The summed E-state index contributed by atoms with van der Waals surface area (Å²) < 4.78 is 11.1. The summed E-state index contributed by atoms with van der Waals surface area (Å²) in [5.74, 6) is 0.536. The molecule has 0 saturated heterocycles. The lowest BCUT2D eigenvalue weighted by Gasteiger charge is -2.20. The number of carbonyl (C=O) groups excluding carboxylic acids is 2. The molecule has 0 aromatic heterocycles. The Hall–Kier alpha value is -4.49. The Balaban J connectivity index is 1.22. The highest BCUT2D eigenvalue weighted by molar-refractivity contribution is 7.99. The summed E-state index contributed by atoms with van der Waals surface area (Å²) in [7, 11) is 1.53. The van der Waals surface area contributed by atoms with Crippen LogP contribution in [0.4, 0.5) is 17.1 Å². The molecule has 5 rings (SSSR count). The summed E-state index contributed by atoms with van der Waals surface area (Å²) in [5.41, 5.74) is 5.04. The zero-order valence-electron chi connectivity index (χ0n) is 21.0. The highest BCUT2D eigenvalue weighted by atomic mass is 32.2. The standard InChI is InChI=1S/C31H26N2O4S/c1-20-7-3-4-8-23(20)33-31(35)19-37-27-15-12-21(17-28(27)36-2)11-14-26(34)22-13-16-30-25(18-22)32-24-9-5-6-10-29(24)38-30/h3-18,32H,19H2,1-2H3,(H,33,35)/b14-11+. The van der Waals surface area contributed by atoms with Crippen molar-refractivity contribution in [3.05, 3.63) is 108 Å². The first-order valence-electron chi connectivity index (χ1n) is 12.1. The second-order valence-electron chi connectivity index (χ2n) is 8.69. The van der Waals surface area contributed by atoms with Crippen molar-refractivity contribution in [3.8, 4) is 11.5 Å². The number of benzene rings is 4. The summed E-state index contributed by atoms with van der Waals surface area (Å²) in [5, 5.41) is 6.25. The molecular formula is C31H26N2O4S. The van der Waals surface area contributed by atoms with Crippen molar-refractivity contribution < 1.29 is 19.1 Å². The van der Waals surface area contributed by atoms with Gasteiger partial charge in [0, 0.05) is 21.0 Å². The Labute approximate surface area is 225 Å². The van der Waals surface area contributed by atoms with Gasteiger partial charge in [-0.3, -0.25) is 9.59 Å².